The molecule has 12 heteroatoms. The Hall–Kier alpha value is -9.16. The number of ketones is 2. The molecule has 8 aromatic carbocycles. The van der Waals surface area contributed by atoms with Gasteiger partial charge in [-0.3, -0.25) is 19.2 Å². The molecule has 2 aromatic heterocycles. The largest absolute Gasteiger partial charge is 0.507 e. The minimum absolute atomic E-state index is 0.136. The minimum atomic E-state index is -0.413. The van der Waals surface area contributed by atoms with Gasteiger partial charge < -0.3 is 38.0 Å². The zero-order chi connectivity index (χ0) is 47.6. The molecule has 10 rings (SSSR count). The molecular weight excluding hydrogens is 865 g/mol. The lowest BCUT2D eigenvalue weighted by molar-refractivity contribution is 0.102. The highest BCUT2D eigenvalue weighted by Gasteiger charge is 2.23. The van der Waals surface area contributed by atoms with E-state index in [0.717, 1.165) is 0 Å². The number of hydrogen-bond donors (Lipinski definition) is 2. The molecule has 0 radical (unpaired) electrons. The predicted molar refractivity (Wildman–Crippen MR) is 260 cm³/mol. The Labute approximate surface area is 387 Å². The fourth-order valence-electron chi connectivity index (χ4n) is 8.07. The lowest BCUT2D eigenvalue weighted by Gasteiger charge is -2.13. The summed E-state index contributed by atoms with van der Waals surface area (Å²) in [5, 5.41) is 21.8. The molecular formula is C56H40O12. The van der Waals surface area contributed by atoms with Crippen molar-refractivity contribution < 1.29 is 47.6 Å². The molecule has 0 aliphatic rings. The topological polar surface area (TPSA) is 172 Å². The molecule has 0 atom stereocenters. The van der Waals surface area contributed by atoms with Gasteiger partial charge in [0, 0.05) is 34.4 Å². The van der Waals surface area contributed by atoms with Crippen LogP contribution in [0.5, 0.6) is 34.5 Å². The second-order valence-corrected chi connectivity index (χ2v) is 15.6. The van der Waals surface area contributed by atoms with Crippen LogP contribution in [0.4, 0.5) is 0 Å². The summed E-state index contributed by atoms with van der Waals surface area (Å²) in [6, 6.07) is 43.5. The first-order chi connectivity index (χ1) is 33.0. The molecule has 0 aliphatic carbocycles. The summed E-state index contributed by atoms with van der Waals surface area (Å²) in [6.07, 6.45) is 0. The predicted octanol–water partition coefficient (Wildman–Crippen LogP) is 11.1. The first kappa shape index (κ1) is 44.1. The van der Waals surface area contributed by atoms with Gasteiger partial charge in [-0.1, -0.05) is 48.5 Å². The summed E-state index contributed by atoms with van der Waals surface area (Å²) in [4.78, 5) is 53.6. The maximum atomic E-state index is 13.4. The molecule has 68 heavy (non-hydrogen) atoms. The van der Waals surface area contributed by atoms with Gasteiger partial charge in [0.2, 0.25) is 10.9 Å². The van der Waals surface area contributed by atoms with E-state index in [1.807, 2.05) is 0 Å². The summed E-state index contributed by atoms with van der Waals surface area (Å²) < 4.78 is 34.0. The third kappa shape index (κ3) is 8.22. The smallest absolute Gasteiger partial charge is 0.200 e. The number of carbonyl (C=O) groups excluding carboxylic acids is 2. The van der Waals surface area contributed by atoms with Gasteiger partial charge >= 0.3 is 0 Å². The van der Waals surface area contributed by atoms with Crippen LogP contribution >= 0.6 is 0 Å². The number of phenolic OH excluding ortho intramolecular Hbond substituents is 2. The van der Waals surface area contributed by atoms with Gasteiger partial charge in [-0.05, 0) is 108 Å². The van der Waals surface area contributed by atoms with E-state index in [1.54, 1.807) is 162 Å². The number of benzene rings is 8. The highest BCUT2D eigenvalue weighted by molar-refractivity contribution is 6.15. The highest BCUT2D eigenvalue weighted by Crippen LogP contribution is 2.38. The SMILES string of the molecule is COc1cc(OC)cc(-c2cc(C(=O)c3ccccc3O)cc3c(=O)c4ccccc4oc23)c1.COc1cc(OC)cc(-c2cc(C(=O)c3ccccc3O)cc3c(=O)c4ccccc4oc23)c1. The first-order valence-corrected chi connectivity index (χ1v) is 21.1. The molecule has 10 aromatic rings. The zero-order valence-electron chi connectivity index (χ0n) is 37.0. The minimum Gasteiger partial charge on any atom is -0.507 e. The van der Waals surface area contributed by atoms with Gasteiger partial charge in [0.25, 0.3) is 0 Å². The van der Waals surface area contributed by atoms with Crippen LogP contribution in [-0.2, 0) is 0 Å². The van der Waals surface area contributed by atoms with Crippen LogP contribution in [-0.4, -0.2) is 50.2 Å². The molecule has 0 unspecified atom stereocenters. The molecule has 0 saturated heterocycles. The van der Waals surface area contributed by atoms with E-state index in [4.69, 9.17) is 27.8 Å². The van der Waals surface area contributed by atoms with Crippen LogP contribution in [0.2, 0.25) is 0 Å². The van der Waals surface area contributed by atoms with Crippen LogP contribution in [0.15, 0.2) is 176 Å². The molecule has 0 saturated carbocycles. The van der Waals surface area contributed by atoms with Crippen LogP contribution in [0, 0.1) is 0 Å². The van der Waals surface area contributed by atoms with Crippen molar-refractivity contribution in [2.24, 2.45) is 0 Å². The van der Waals surface area contributed by atoms with E-state index in [9.17, 15) is 29.4 Å². The summed E-state index contributed by atoms with van der Waals surface area (Å²) in [5.41, 5.74) is 4.17. The van der Waals surface area contributed by atoms with Gasteiger partial charge in [0.1, 0.15) is 56.8 Å². The van der Waals surface area contributed by atoms with Crippen molar-refractivity contribution in [2.45, 2.75) is 0 Å². The molecule has 0 fully saturated rings. The van der Waals surface area contributed by atoms with E-state index >= 15 is 0 Å². The van der Waals surface area contributed by atoms with Gasteiger partial charge in [-0.25, -0.2) is 0 Å². The van der Waals surface area contributed by atoms with E-state index in [0.29, 0.717) is 78.4 Å². The van der Waals surface area contributed by atoms with Crippen molar-refractivity contribution in [1.82, 2.24) is 0 Å². The van der Waals surface area contributed by atoms with Crippen molar-refractivity contribution >= 4 is 55.4 Å². The molecule has 12 nitrogen and oxygen atoms in total. The highest BCUT2D eigenvalue weighted by atomic mass is 16.5. The maximum absolute atomic E-state index is 13.4. The van der Waals surface area contributed by atoms with Crippen LogP contribution in [0.1, 0.15) is 31.8 Å². The van der Waals surface area contributed by atoms with Crippen LogP contribution in [0.25, 0.3) is 66.1 Å². The standard InChI is InChI=1S/2C28H20O6/c2*1-32-18-11-16(12-19(15-18)33-2)22-13-17(26(30)20-7-3-5-9-24(20)29)14-23-27(31)21-8-4-6-10-25(21)34-28(22)23/h2*3-15,29H,1-2H3. The maximum Gasteiger partial charge on any atom is 0.200 e. The van der Waals surface area contributed by atoms with Crippen molar-refractivity contribution in [3.05, 3.63) is 200 Å². The van der Waals surface area contributed by atoms with Gasteiger partial charge in [-0.15, -0.1) is 0 Å². The van der Waals surface area contributed by atoms with Gasteiger partial charge in [0.15, 0.2) is 11.6 Å². The summed E-state index contributed by atoms with van der Waals surface area (Å²) >= 11 is 0. The molecule has 0 amide bonds. The number of ether oxygens (including phenoxy) is 4. The number of carbonyl (C=O) groups is 2. The Kier molecular flexibility index (Phi) is 11.9. The van der Waals surface area contributed by atoms with Gasteiger partial charge in [-0.2, -0.15) is 0 Å². The number of hydrogen-bond acceptors (Lipinski definition) is 12. The quantitative estimate of drug-likeness (QED) is 0.0984. The summed E-state index contributed by atoms with van der Waals surface area (Å²) in [5.74, 6) is 1.08. The number of para-hydroxylation sites is 4. The molecule has 2 N–H and O–H groups in total. The lowest BCUT2D eigenvalue weighted by atomic mass is 9.94. The number of aromatic hydroxyl groups is 2. The number of rotatable bonds is 10. The summed E-state index contributed by atoms with van der Waals surface area (Å²) in [7, 11) is 6.18. The second kappa shape index (κ2) is 18.4. The molecule has 336 valence electrons. The van der Waals surface area contributed by atoms with E-state index < -0.39 is 11.6 Å². The average molecular weight is 905 g/mol. The molecule has 0 bridgehead atoms. The first-order valence-electron chi connectivity index (χ1n) is 21.1. The number of phenols is 2. The Balaban J connectivity index is 0.000000170. The van der Waals surface area contributed by atoms with Crippen molar-refractivity contribution in [3.63, 3.8) is 0 Å². The molecule has 0 aliphatic heterocycles. The second-order valence-electron chi connectivity index (χ2n) is 15.6. The van der Waals surface area contributed by atoms with Crippen LogP contribution < -0.4 is 29.8 Å². The Morgan fingerprint density at radius 1 is 0.412 bits per heavy atom. The van der Waals surface area contributed by atoms with Crippen molar-refractivity contribution in [2.75, 3.05) is 28.4 Å². The van der Waals surface area contributed by atoms with E-state index in [2.05, 4.69) is 0 Å². The summed E-state index contributed by atoms with van der Waals surface area (Å²) in [6.45, 7) is 0. The Bertz CT molecular complexity index is 3460. The van der Waals surface area contributed by atoms with E-state index in [-0.39, 0.29) is 55.4 Å². The Morgan fingerprint density at radius 2 is 0.750 bits per heavy atom. The third-order valence-electron chi connectivity index (χ3n) is 11.5. The monoisotopic (exact) mass is 904 g/mol. The normalized spacial score (nSPS) is 11.0. The van der Waals surface area contributed by atoms with Crippen LogP contribution in [0.3, 0.4) is 0 Å². The van der Waals surface area contributed by atoms with Gasteiger partial charge in [0.05, 0.1) is 61.1 Å². The Morgan fingerprint density at radius 3 is 1.10 bits per heavy atom. The van der Waals surface area contributed by atoms with E-state index in [1.165, 1.54) is 24.3 Å². The van der Waals surface area contributed by atoms with Crippen molar-refractivity contribution in [1.29, 1.82) is 0 Å². The number of methoxy groups -OCH3 is 4. The lowest BCUT2D eigenvalue weighted by Crippen LogP contribution is -2.07. The average Bonchev–Trinajstić information content (AvgIpc) is 3.38. The van der Waals surface area contributed by atoms with Crippen molar-refractivity contribution in [3.8, 4) is 56.8 Å². The molecule has 0 spiro atoms. The fraction of sp³-hybridized carbons (Fsp3) is 0.0714. The molecule has 2 heterocycles. The fourth-order valence-corrected chi connectivity index (χ4v) is 8.07. The number of fused-ring (bicyclic) bond motifs is 4. The third-order valence-corrected chi connectivity index (χ3v) is 11.5. The zero-order valence-corrected chi connectivity index (χ0v) is 37.0.